The molecule has 1 N–H and O–H groups in total. The number of piperazine rings is 3. The minimum absolute atomic E-state index is 0. The summed E-state index contributed by atoms with van der Waals surface area (Å²) in [6.07, 6.45) is 0. The van der Waals surface area contributed by atoms with Gasteiger partial charge in [-0.05, 0) is 4.48 Å². The third kappa shape index (κ3) is 1.26. The molecular formula is C6H13ClFN2+. The highest BCUT2D eigenvalue weighted by Crippen LogP contribution is 2.09. The molecule has 60 valence electrons. The van der Waals surface area contributed by atoms with Gasteiger partial charge in [-0.1, -0.05) is 0 Å². The summed E-state index contributed by atoms with van der Waals surface area (Å²) in [7, 11) is 0. The molecule has 3 aliphatic rings. The van der Waals surface area contributed by atoms with E-state index in [4.69, 9.17) is 0 Å². The van der Waals surface area contributed by atoms with E-state index in [0.29, 0.717) is 0 Å². The van der Waals surface area contributed by atoms with Crippen molar-refractivity contribution in [2.45, 2.75) is 0 Å². The van der Waals surface area contributed by atoms with Crippen LogP contribution in [0, 0.1) is 0 Å². The molecule has 0 radical (unpaired) electrons. The van der Waals surface area contributed by atoms with E-state index < -0.39 is 0 Å². The van der Waals surface area contributed by atoms with Crippen molar-refractivity contribution in [2.75, 3.05) is 39.3 Å². The van der Waals surface area contributed by atoms with Gasteiger partial charge >= 0.3 is 0 Å². The molecule has 2 nitrogen and oxygen atoms in total. The summed E-state index contributed by atoms with van der Waals surface area (Å²) in [5, 5.41) is 0. The molecule has 4 heteroatoms. The van der Waals surface area contributed by atoms with Crippen molar-refractivity contribution in [3.05, 3.63) is 0 Å². The zero-order chi connectivity index (χ0) is 6.32. The van der Waals surface area contributed by atoms with E-state index in [1.807, 2.05) is 0 Å². The summed E-state index contributed by atoms with van der Waals surface area (Å²) in [5.41, 5.74) is 0. The van der Waals surface area contributed by atoms with E-state index in [9.17, 15) is 4.48 Å². The molecule has 10 heavy (non-hydrogen) atoms. The first-order valence-corrected chi connectivity index (χ1v) is 3.68. The van der Waals surface area contributed by atoms with Crippen LogP contribution in [0.1, 0.15) is 0 Å². The first kappa shape index (κ1) is 8.24. The maximum absolute atomic E-state index is 13.3. The molecule has 3 fully saturated rings. The van der Waals surface area contributed by atoms with E-state index in [1.165, 1.54) is 0 Å². The fourth-order valence-corrected chi connectivity index (χ4v) is 1.79. The Morgan fingerprint density at radius 3 is 1.60 bits per heavy atom. The highest BCUT2D eigenvalue weighted by atomic mass is 35.5. The Morgan fingerprint density at radius 2 is 1.40 bits per heavy atom. The van der Waals surface area contributed by atoms with Crippen LogP contribution < -0.4 is 17.3 Å². The lowest BCUT2D eigenvalue weighted by Gasteiger charge is -2.39. The van der Waals surface area contributed by atoms with Crippen LogP contribution in [0.5, 0.6) is 0 Å². The summed E-state index contributed by atoms with van der Waals surface area (Å²) in [6.45, 7) is 5.43. The van der Waals surface area contributed by atoms with E-state index in [-0.39, 0.29) is 17.1 Å². The molecule has 0 aliphatic carbocycles. The Morgan fingerprint density at radius 1 is 1.00 bits per heavy atom. The second kappa shape index (κ2) is 2.64. The molecular weight excluding hydrogens is 155 g/mol. The average Bonchev–Trinajstić information content (AvgIpc) is 1.90. The van der Waals surface area contributed by atoms with Crippen molar-refractivity contribution >= 4 is 0 Å². The van der Waals surface area contributed by atoms with Gasteiger partial charge in [0, 0.05) is 0 Å². The van der Waals surface area contributed by atoms with Crippen LogP contribution in [-0.2, 0) is 0 Å². The summed E-state index contributed by atoms with van der Waals surface area (Å²) in [5.74, 6) is 0. The predicted molar refractivity (Wildman–Crippen MR) is 31.5 cm³/mol. The third-order valence-corrected chi connectivity index (χ3v) is 2.60. The lowest BCUT2D eigenvalue weighted by atomic mass is 10.2. The maximum Gasteiger partial charge on any atom is 0.164 e. The smallest absolute Gasteiger partial charge is 0.164 e. The Hall–Kier alpha value is 0.140. The lowest BCUT2D eigenvalue weighted by molar-refractivity contribution is -1.14. The summed E-state index contributed by atoms with van der Waals surface area (Å²) < 4.78 is 13.1. The van der Waals surface area contributed by atoms with Gasteiger partial charge in [0.1, 0.15) is 19.6 Å². The molecule has 0 aromatic heterocycles. The van der Waals surface area contributed by atoms with Crippen LogP contribution in [-0.4, -0.2) is 44.0 Å². The first-order valence-electron chi connectivity index (χ1n) is 3.68. The number of halogens is 2. The van der Waals surface area contributed by atoms with Crippen molar-refractivity contribution in [1.82, 2.24) is 0 Å². The highest BCUT2D eigenvalue weighted by molar-refractivity contribution is 4.48. The van der Waals surface area contributed by atoms with E-state index >= 15 is 0 Å². The zero-order valence-corrected chi connectivity index (χ0v) is 6.70. The number of fused-ring (bicyclic) bond motifs is 3. The second-order valence-corrected chi connectivity index (χ2v) is 3.20. The molecule has 0 spiro atoms. The zero-order valence-electron chi connectivity index (χ0n) is 5.95. The van der Waals surface area contributed by atoms with Crippen molar-refractivity contribution in [3.8, 4) is 0 Å². The largest absolute Gasteiger partial charge is 1.00 e. The molecule has 0 saturated carbocycles. The molecule has 0 aromatic carbocycles. The molecule has 3 aliphatic heterocycles. The van der Waals surface area contributed by atoms with Gasteiger partial charge in [-0.3, -0.25) is 0 Å². The van der Waals surface area contributed by atoms with Gasteiger partial charge < -0.3 is 17.3 Å². The molecule has 0 aromatic rings. The molecule has 3 heterocycles. The monoisotopic (exact) mass is 167 g/mol. The van der Waals surface area contributed by atoms with Gasteiger partial charge in [0.05, 0.1) is 0 Å². The number of quaternary nitrogens is 2. The molecule has 3 rings (SSSR count). The number of nitrogens with one attached hydrogen (secondary N) is 1. The summed E-state index contributed by atoms with van der Waals surface area (Å²) in [4.78, 5) is 1.60. The first-order chi connectivity index (χ1) is 4.29. The molecule has 0 amide bonds. The van der Waals surface area contributed by atoms with Crippen LogP contribution in [0.15, 0.2) is 0 Å². The van der Waals surface area contributed by atoms with Crippen LogP contribution in [0.2, 0.25) is 0 Å². The Bertz CT molecular complexity index is 109. The van der Waals surface area contributed by atoms with Gasteiger partial charge in [-0.25, -0.2) is 0 Å². The van der Waals surface area contributed by atoms with Gasteiger partial charge in [0.25, 0.3) is 0 Å². The van der Waals surface area contributed by atoms with Crippen molar-refractivity contribution < 1.29 is 26.5 Å². The average molecular weight is 168 g/mol. The second-order valence-electron chi connectivity index (χ2n) is 3.20. The van der Waals surface area contributed by atoms with Gasteiger partial charge in [0.2, 0.25) is 0 Å². The Labute approximate surface area is 66.5 Å². The quantitative estimate of drug-likeness (QED) is 0.348. The van der Waals surface area contributed by atoms with E-state index in [2.05, 4.69) is 0 Å². The minimum atomic E-state index is -0.135. The number of nitrogens with zero attached hydrogens (tertiary/aromatic N) is 1. The topological polar surface area (TPSA) is 4.44 Å². The van der Waals surface area contributed by atoms with Gasteiger partial charge in [-0.15, -0.1) is 4.71 Å². The number of rotatable bonds is 0. The van der Waals surface area contributed by atoms with Crippen LogP contribution in [0.3, 0.4) is 0 Å². The minimum Gasteiger partial charge on any atom is -1.00 e. The normalized spacial score (nSPS) is 44.7. The maximum atomic E-state index is 13.3. The summed E-state index contributed by atoms with van der Waals surface area (Å²) >= 11 is 0. The Kier molecular flexibility index (Phi) is 2.18. The molecule has 0 unspecified atom stereocenters. The SMILES string of the molecule is F[N+]12CC[NH+](CC1)CC2.[Cl-]. The van der Waals surface area contributed by atoms with Crippen LogP contribution in [0.25, 0.3) is 0 Å². The van der Waals surface area contributed by atoms with Crippen molar-refractivity contribution in [1.29, 1.82) is 0 Å². The standard InChI is InChI=1S/C6H12FN2.ClH/c7-9-4-1-8(2-5-9)3-6-9;/h1-6H2;1H/q+1;. The van der Waals surface area contributed by atoms with Crippen molar-refractivity contribution in [3.63, 3.8) is 0 Å². The lowest BCUT2D eigenvalue weighted by Crippen LogP contribution is -3.18. The number of hydrogen-bond acceptors (Lipinski definition) is 0. The summed E-state index contributed by atoms with van der Waals surface area (Å²) in [6, 6.07) is 0. The molecule has 2 bridgehead atoms. The van der Waals surface area contributed by atoms with Gasteiger partial charge in [0.15, 0.2) is 19.6 Å². The molecule has 3 saturated heterocycles. The van der Waals surface area contributed by atoms with Crippen LogP contribution in [0.4, 0.5) is 4.48 Å². The molecule has 0 atom stereocenters. The predicted octanol–water partition coefficient (Wildman–Crippen LogP) is -4.40. The fourth-order valence-electron chi connectivity index (χ4n) is 1.79. The Balaban J connectivity index is 0.000000500. The van der Waals surface area contributed by atoms with E-state index in [1.54, 1.807) is 4.90 Å². The van der Waals surface area contributed by atoms with Crippen LogP contribution >= 0.6 is 0 Å². The van der Waals surface area contributed by atoms with Gasteiger partial charge in [-0.2, -0.15) is 0 Å². The highest BCUT2D eigenvalue weighted by Gasteiger charge is 2.42. The number of hydrogen-bond donors (Lipinski definition) is 1. The van der Waals surface area contributed by atoms with Crippen molar-refractivity contribution in [2.24, 2.45) is 0 Å². The van der Waals surface area contributed by atoms with E-state index in [0.717, 1.165) is 39.3 Å². The fraction of sp³-hybridized carbons (Fsp3) is 1.00. The third-order valence-electron chi connectivity index (χ3n) is 2.60.